The average molecular weight is 102 g/mol. The van der Waals surface area contributed by atoms with Gasteiger partial charge in [0.05, 0.1) is 0 Å². The van der Waals surface area contributed by atoms with Crippen LogP contribution in [0.25, 0.3) is 0 Å². The molecule has 0 aromatic rings. The predicted molar refractivity (Wildman–Crippen MR) is 25.2 cm³/mol. The van der Waals surface area contributed by atoms with Crippen molar-refractivity contribution in [1.82, 2.24) is 0 Å². The van der Waals surface area contributed by atoms with Crippen molar-refractivity contribution in [3.63, 3.8) is 0 Å². The average Bonchev–Trinajstić information content (AvgIpc) is 0. The van der Waals surface area contributed by atoms with E-state index in [0.717, 1.165) is 0 Å². The first-order chi connectivity index (χ1) is 0. The second-order valence-electron chi connectivity index (χ2n) is 0. The van der Waals surface area contributed by atoms with Gasteiger partial charge in [0.15, 0.2) is 0 Å². The molecule has 4 heteroatoms. The minimum atomic E-state index is 0. The Morgan fingerprint density at radius 2 is 0.750 bits per heavy atom. The van der Waals surface area contributed by atoms with Crippen LogP contribution in [-0.2, 0) is 0 Å². The molecule has 0 aliphatic carbocycles. The van der Waals surface area contributed by atoms with Gasteiger partial charge < -0.3 is 5.48 Å². The van der Waals surface area contributed by atoms with E-state index in [1.807, 2.05) is 0 Å². The van der Waals surface area contributed by atoms with Crippen molar-refractivity contribution < 1.29 is 5.48 Å². The molecule has 0 aromatic carbocycles. The van der Waals surface area contributed by atoms with E-state index in [0.29, 0.717) is 0 Å². The molecule has 0 unspecified atom stereocenters. The Kier molecular flexibility index (Phi) is 159. The molecule has 0 aromatic heterocycles. The summed E-state index contributed by atoms with van der Waals surface area (Å²) in [5, 5.41) is 0. The van der Waals surface area contributed by atoms with E-state index in [9.17, 15) is 0 Å². The van der Waals surface area contributed by atoms with Gasteiger partial charge in [-0.05, 0) is 0 Å². The Morgan fingerprint density at radius 3 is 0.750 bits per heavy atom. The van der Waals surface area contributed by atoms with Crippen LogP contribution in [0.15, 0.2) is 0 Å². The topological polar surface area (TPSA) is 31.5 Å². The third-order valence-electron chi connectivity index (χ3n) is 0. The second-order valence-corrected chi connectivity index (χ2v) is 0. The molecule has 0 rings (SSSR count). The normalized spacial score (nSPS) is 0. The molecule has 0 radical (unpaired) electrons. The van der Waals surface area contributed by atoms with Crippen LogP contribution in [-0.4, -0.2) is 64.6 Å². The zero-order valence-electron chi connectivity index (χ0n) is 0.908. The van der Waals surface area contributed by atoms with E-state index in [2.05, 4.69) is 0 Å². The van der Waals surface area contributed by atoms with Crippen LogP contribution in [0.3, 0.4) is 0 Å². The van der Waals surface area contributed by atoms with E-state index in [1.54, 1.807) is 0 Å². The molecule has 0 bridgehead atoms. The summed E-state index contributed by atoms with van der Waals surface area (Å²) in [6.45, 7) is 0. The summed E-state index contributed by atoms with van der Waals surface area (Å²) >= 11 is 0. The SMILES string of the molecule is Cl.O.[NaH].[NaH]. The Balaban J connectivity index is 0. The molecule has 20 valence electrons. The van der Waals surface area contributed by atoms with Crippen molar-refractivity contribution >= 4 is 71.5 Å². The summed E-state index contributed by atoms with van der Waals surface area (Å²) in [5.74, 6) is 0. The maximum atomic E-state index is 0. The zero-order valence-corrected chi connectivity index (χ0v) is 1.72. The van der Waals surface area contributed by atoms with Crippen molar-refractivity contribution in [3.8, 4) is 0 Å². The molecule has 0 aliphatic rings. The fourth-order valence-corrected chi connectivity index (χ4v) is 0. The van der Waals surface area contributed by atoms with Crippen LogP contribution in [0.2, 0.25) is 0 Å². The van der Waals surface area contributed by atoms with Gasteiger partial charge in [-0.1, -0.05) is 0 Å². The number of rotatable bonds is 0. The van der Waals surface area contributed by atoms with E-state index < -0.39 is 0 Å². The second kappa shape index (κ2) is 18.7. The molecule has 0 saturated carbocycles. The van der Waals surface area contributed by atoms with Gasteiger partial charge in [-0.2, -0.15) is 0 Å². The quantitative estimate of drug-likeness (QED) is 0.327. The first-order valence-electron chi connectivity index (χ1n) is 0. The van der Waals surface area contributed by atoms with Gasteiger partial charge in [0.25, 0.3) is 0 Å². The summed E-state index contributed by atoms with van der Waals surface area (Å²) in [6.07, 6.45) is 0. The van der Waals surface area contributed by atoms with Crippen LogP contribution in [0.5, 0.6) is 0 Å². The van der Waals surface area contributed by atoms with Gasteiger partial charge in [-0.25, -0.2) is 0 Å². The Hall–Kier alpha value is 2.25. The third kappa shape index (κ3) is 8.87. The van der Waals surface area contributed by atoms with Crippen LogP contribution < -0.4 is 0 Å². The Morgan fingerprint density at radius 1 is 0.750 bits per heavy atom. The number of halogens is 1. The molecule has 0 saturated heterocycles. The summed E-state index contributed by atoms with van der Waals surface area (Å²) in [7, 11) is 0. The molecule has 0 amide bonds. The van der Waals surface area contributed by atoms with E-state index in [4.69, 9.17) is 0 Å². The molecule has 2 N–H and O–H groups in total. The zero-order chi connectivity index (χ0) is 0. The standard InChI is InChI=1S/ClH.2Na.H2O.2H/h1H;;;1H2;;. The first kappa shape index (κ1) is 34.0. The van der Waals surface area contributed by atoms with Crippen molar-refractivity contribution in [2.24, 2.45) is 0 Å². The number of hydrogen-bond donors (Lipinski definition) is 0. The molecule has 0 heterocycles. The fraction of sp³-hybridized carbons (Fsp3) is 0. The van der Waals surface area contributed by atoms with Gasteiger partial charge in [-0.3, -0.25) is 0 Å². The summed E-state index contributed by atoms with van der Waals surface area (Å²) < 4.78 is 0. The third-order valence-corrected chi connectivity index (χ3v) is 0. The van der Waals surface area contributed by atoms with E-state index >= 15 is 0 Å². The van der Waals surface area contributed by atoms with Crippen molar-refractivity contribution in [1.29, 1.82) is 0 Å². The number of hydrogen-bond acceptors (Lipinski definition) is 0. The van der Waals surface area contributed by atoms with Gasteiger partial charge >= 0.3 is 59.1 Å². The molecule has 0 spiro atoms. The Labute approximate surface area is 75.8 Å². The molecule has 0 fully saturated rings. The molecular weight excluding hydrogens is 97.4 g/mol. The van der Waals surface area contributed by atoms with Crippen LogP contribution in [0.4, 0.5) is 0 Å². The van der Waals surface area contributed by atoms with Crippen LogP contribution >= 0.6 is 12.4 Å². The summed E-state index contributed by atoms with van der Waals surface area (Å²) in [4.78, 5) is 0. The fourth-order valence-electron chi connectivity index (χ4n) is 0. The first-order valence-corrected chi connectivity index (χ1v) is 0. The van der Waals surface area contributed by atoms with Gasteiger partial charge in [-0.15, -0.1) is 12.4 Å². The van der Waals surface area contributed by atoms with Crippen molar-refractivity contribution in [3.05, 3.63) is 0 Å². The molecule has 0 aliphatic heterocycles. The van der Waals surface area contributed by atoms with E-state index in [1.165, 1.54) is 0 Å². The van der Waals surface area contributed by atoms with Gasteiger partial charge in [0, 0.05) is 0 Å². The molecule has 1 nitrogen and oxygen atoms in total. The monoisotopic (exact) mass is 102 g/mol. The van der Waals surface area contributed by atoms with Crippen molar-refractivity contribution in [2.45, 2.75) is 0 Å². The molecule has 4 heavy (non-hydrogen) atoms. The van der Waals surface area contributed by atoms with Crippen LogP contribution in [0.1, 0.15) is 0 Å². The van der Waals surface area contributed by atoms with Crippen LogP contribution in [0, 0.1) is 0 Å². The van der Waals surface area contributed by atoms with Gasteiger partial charge in [0.2, 0.25) is 0 Å². The predicted octanol–water partition coefficient (Wildman–Crippen LogP) is -1.70. The maximum absolute atomic E-state index is 0. The summed E-state index contributed by atoms with van der Waals surface area (Å²) in [5.41, 5.74) is 0. The molecule has 0 atom stereocenters. The minimum absolute atomic E-state index is 0. The van der Waals surface area contributed by atoms with E-state index in [-0.39, 0.29) is 77.0 Å². The Bertz CT molecular complexity index is 6.00. The summed E-state index contributed by atoms with van der Waals surface area (Å²) in [6, 6.07) is 0. The molecular formula is H5ClNa2O. The van der Waals surface area contributed by atoms with Crippen molar-refractivity contribution in [2.75, 3.05) is 0 Å². The van der Waals surface area contributed by atoms with Gasteiger partial charge in [0.1, 0.15) is 0 Å².